The fourth-order valence-corrected chi connectivity index (χ4v) is 1.07. The van der Waals surface area contributed by atoms with Gasteiger partial charge in [0.25, 0.3) is 0 Å². The number of rotatable bonds is 4. The molecule has 1 aromatic rings. The Kier molecular flexibility index (Phi) is 4.10. The van der Waals surface area contributed by atoms with Crippen molar-refractivity contribution in [2.45, 2.75) is 6.92 Å². The Morgan fingerprint density at radius 3 is 2.81 bits per heavy atom. The first kappa shape index (κ1) is 11.8. The molecule has 0 aliphatic rings. The molecule has 0 spiro atoms. The Balaban J connectivity index is 3.01. The van der Waals surface area contributed by atoms with Gasteiger partial charge in [0.1, 0.15) is 12.9 Å². The quantitative estimate of drug-likeness (QED) is 0.332. The zero-order chi connectivity index (χ0) is 12.0. The summed E-state index contributed by atoms with van der Waals surface area (Å²) in [5, 5.41) is 0. The fraction of sp³-hybridized carbons (Fsp3) is 0.167. The van der Waals surface area contributed by atoms with Crippen LogP contribution in [0.4, 0.5) is 0 Å². The molecule has 0 N–H and O–H groups in total. The van der Waals surface area contributed by atoms with E-state index in [-0.39, 0.29) is 18.1 Å². The van der Waals surface area contributed by atoms with E-state index in [9.17, 15) is 9.59 Å². The van der Waals surface area contributed by atoms with Gasteiger partial charge in [-0.25, -0.2) is 0 Å². The summed E-state index contributed by atoms with van der Waals surface area (Å²) in [6.45, 7) is 1.31. The molecule has 0 atom stereocenters. The van der Waals surface area contributed by atoms with E-state index in [1.807, 2.05) is 0 Å². The van der Waals surface area contributed by atoms with Crippen molar-refractivity contribution in [1.29, 1.82) is 0 Å². The molecule has 0 aliphatic carbocycles. The lowest BCUT2D eigenvalue weighted by Crippen LogP contribution is -2.04. The van der Waals surface area contributed by atoms with Crippen LogP contribution in [-0.4, -0.2) is 18.9 Å². The molecular formula is C12H10O4. The molecule has 4 heteroatoms. The third kappa shape index (κ3) is 3.14. The van der Waals surface area contributed by atoms with Crippen LogP contribution in [0.3, 0.4) is 0 Å². The van der Waals surface area contributed by atoms with E-state index in [1.165, 1.54) is 25.1 Å². The maximum Gasteiger partial charge on any atom is 0.308 e. The van der Waals surface area contributed by atoms with Gasteiger partial charge in [0.15, 0.2) is 11.5 Å². The molecule has 0 heterocycles. The van der Waals surface area contributed by atoms with Crippen molar-refractivity contribution in [3.63, 3.8) is 0 Å². The van der Waals surface area contributed by atoms with Gasteiger partial charge in [-0.2, -0.15) is 0 Å². The predicted molar refractivity (Wildman–Crippen MR) is 57.5 cm³/mol. The van der Waals surface area contributed by atoms with E-state index in [0.717, 1.165) is 0 Å². The first-order valence-corrected chi connectivity index (χ1v) is 4.51. The van der Waals surface area contributed by atoms with Crippen molar-refractivity contribution < 1.29 is 19.1 Å². The summed E-state index contributed by atoms with van der Waals surface area (Å²) in [4.78, 5) is 21.4. The van der Waals surface area contributed by atoms with E-state index >= 15 is 0 Å². The van der Waals surface area contributed by atoms with Gasteiger partial charge in [0.05, 0.1) is 0 Å². The number of carbonyl (C=O) groups excluding carboxylic acids is 2. The SMILES string of the molecule is C#CCOc1cc(C=O)ccc1OC(C)=O. The average molecular weight is 218 g/mol. The van der Waals surface area contributed by atoms with Crippen LogP contribution in [0, 0.1) is 12.3 Å². The van der Waals surface area contributed by atoms with Crippen LogP contribution < -0.4 is 9.47 Å². The third-order valence-electron chi connectivity index (χ3n) is 1.67. The van der Waals surface area contributed by atoms with Gasteiger partial charge in [-0.3, -0.25) is 9.59 Å². The van der Waals surface area contributed by atoms with Crippen LogP contribution >= 0.6 is 0 Å². The Bertz CT molecular complexity index is 443. The maximum atomic E-state index is 10.8. The minimum atomic E-state index is -0.468. The zero-order valence-electron chi connectivity index (χ0n) is 8.73. The Hall–Kier alpha value is -2.28. The zero-order valence-corrected chi connectivity index (χ0v) is 8.73. The largest absolute Gasteiger partial charge is 0.477 e. The molecule has 0 saturated carbocycles. The van der Waals surface area contributed by atoms with E-state index in [2.05, 4.69) is 5.92 Å². The molecule has 16 heavy (non-hydrogen) atoms. The van der Waals surface area contributed by atoms with Gasteiger partial charge >= 0.3 is 5.97 Å². The summed E-state index contributed by atoms with van der Waals surface area (Å²) < 4.78 is 10.1. The third-order valence-corrected chi connectivity index (χ3v) is 1.67. The van der Waals surface area contributed by atoms with Crippen molar-refractivity contribution >= 4 is 12.3 Å². The number of ether oxygens (including phenoxy) is 2. The van der Waals surface area contributed by atoms with Gasteiger partial charge in [0, 0.05) is 12.5 Å². The summed E-state index contributed by atoms with van der Waals surface area (Å²) in [6, 6.07) is 4.47. The minimum Gasteiger partial charge on any atom is -0.477 e. The summed E-state index contributed by atoms with van der Waals surface area (Å²) in [7, 11) is 0. The summed E-state index contributed by atoms with van der Waals surface area (Å²) in [6.07, 6.45) is 5.71. The highest BCUT2D eigenvalue weighted by Gasteiger charge is 2.08. The number of terminal acetylenes is 1. The first-order valence-electron chi connectivity index (χ1n) is 4.51. The molecule has 1 aromatic carbocycles. The van der Waals surface area contributed by atoms with E-state index < -0.39 is 5.97 Å². The van der Waals surface area contributed by atoms with Crippen molar-refractivity contribution in [3.05, 3.63) is 23.8 Å². The van der Waals surface area contributed by atoms with Crippen molar-refractivity contribution in [3.8, 4) is 23.8 Å². The molecule has 1 rings (SSSR count). The molecule has 82 valence electrons. The lowest BCUT2D eigenvalue weighted by molar-refractivity contribution is -0.132. The normalized spacial score (nSPS) is 9.00. The molecule has 4 nitrogen and oxygen atoms in total. The number of carbonyl (C=O) groups is 2. The summed E-state index contributed by atoms with van der Waals surface area (Å²) in [5.41, 5.74) is 0.419. The standard InChI is InChI=1S/C12H10O4/c1-3-6-15-12-7-10(8-13)4-5-11(12)16-9(2)14/h1,4-5,7-8H,6H2,2H3. The van der Waals surface area contributed by atoms with E-state index in [0.29, 0.717) is 11.8 Å². The lowest BCUT2D eigenvalue weighted by Gasteiger charge is -2.09. The molecule has 0 unspecified atom stereocenters. The minimum absolute atomic E-state index is 0.0383. The number of hydrogen-bond donors (Lipinski definition) is 0. The molecule has 0 fully saturated rings. The molecule has 0 bridgehead atoms. The van der Waals surface area contributed by atoms with Crippen LogP contribution in [0.5, 0.6) is 11.5 Å². The molecule has 0 aliphatic heterocycles. The van der Waals surface area contributed by atoms with Gasteiger partial charge in [-0.05, 0) is 18.2 Å². The van der Waals surface area contributed by atoms with Crippen LogP contribution in [0.15, 0.2) is 18.2 Å². The van der Waals surface area contributed by atoms with Crippen LogP contribution in [0.2, 0.25) is 0 Å². The van der Waals surface area contributed by atoms with Crippen molar-refractivity contribution in [1.82, 2.24) is 0 Å². The number of hydrogen-bond acceptors (Lipinski definition) is 4. The predicted octanol–water partition coefficient (Wildman–Crippen LogP) is 1.44. The molecule has 0 aromatic heterocycles. The number of esters is 1. The summed E-state index contributed by atoms with van der Waals surface area (Å²) in [5.74, 6) is 2.33. The monoisotopic (exact) mass is 218 g/mol. The van der Waals surface area contributed by atoms with Gasteiger partial charge < -0.3 is 9.47 Å². The fourth-order valence-electron chi connectivity index (χ4n) is 1.07. The van der Waals surface area contributed by atoms with Crippen LogP contribution in [0.25, 0.3) is 0 Å². The topological polar surface area (TPSA) is 52.6 Å². The van der Waals surface area contributed by atoms with E-state index in [4.69, 9.17) is 15.9 Å². The highest BCUT2D eigenvalue weighted by molar-refractivity contribution is 5.77. The molecule has 0 amide bonds. The summed E-state index contributed by atoms with van der Waals surface area (Å²) >= 11 is 0. The van der Waals surface area contributed by atoms with Gasteiger partial charge in [-0.15, -0.1) is 6.42 Å². The van der Waals surface area contributed by atoms with Gasteiger partial charge in [-0.1, -0.05) is 5.92 Å². The molecule has 0 saturated heterocycles. The van der Waals surface area contributed by atoms with Crippen LogP contribution in [0.1, 0.15) is 17.3 Å². The highest BCUT2D eigenvalue weighted by Crippen LogP contribution is 2.28. The molecular weight excluding hydrogens is 208 g/mol. The maximum absolute atomic E-state index is 10.8. The van der Waals surface area contributed by atoms with Crippen molar-refractivity contribution in [2.75, 3.05) is 6.61 Å². The Labute approximate surface area is 93.2 Å². The first-order chi connectivity index (χ1) is 7.67. The number of aldehydes is 1. The van der Waals surface area contributed by atoms with Crippen LogP contribution in [-0.2, 0) is 4.79 Å². The Morgan fingerprint density at radius 1 is 1.50 bits per heavy atom. The number of benzene rings is 1. The highest BCUT2D eigenvalue weighted by atomic mass is 16.6. The van der Waals surface area contributed by atoms with Gasteiger partial charge in [0.2, 0.25) is 0 Å². The Morgan fingerprint density at radius 2 is 2.25 bits per heavy atom. The average Bonchev–Trinajstić information content (AvgIpc) is 2.27. The second kappa shape index (κ2) is 5.56. The van der Waals surface area contributed by atoms with Crippen molar-refractivity contribution in [2.24, 2.45) is 0 Å². The second-order valence-corrected chi connectivity index (χ2v) is 2.91. The molecule has 0 radical (unpaired) electrons. The smallest absolute Gasteiger partial charge is 0.308 e. The second-order valence-electron chi connectivity index (χ2n) is 2.91. The lowest BCUT2D eigenvalue weighted by atomic mass is 10.2. The van der Waals surface area contributed by atoms with E-state index in [1.54, 1.807) is 0 Å².